The second-order valence-corrected chi connectivity index (χ2v) is 3.62. The fourth-order valence-electron chi connectivity index (χ4n) is 1.04. The number of pyridine rings is 1. The van der Waals surface area contributed by atoms with Crippen LogP contribution in [-0.2, 0) is 5.38 Å². The lowest BCUT2D eigenvalue weighted by atomic mass is 10.3. The van der Waals surface area contributed by atoms with Gasteiger partial charge in [-0.2, -0.15) is 13.8 Å². The number of aromatic nitrogens is 3. The Morgan fingerprint density at radius 3 is 2.62 bits per heavy atom. The van der Waals surface area contributed by atoms with E-state index in [4.69, 9.17) is 11.6 Å². The maximum absolute atomic E-state index is 12.6. The van der Waals surface area contributed by atoms with Crippen molar-refractivity contribution in [3.05, 3.63) is 29.8 Å². The van der Waals surface area contributed by atoms with Crippen LogP contribution < -0.4 is 0 Å². The van der Waals surface area contributed by atoms with Gasteiger partial charge in [0.2, 0.25) is 5.82 Å². The van der Waals surface area contributed by atoms with Crippen molar-refractivity contribution in [2.24, 2.45) is 0 Å². The van der Waals surface area contributed by atoms with Crippen molar-refractivity contribution in [1.29, 1.82) is 0 Å². The van der Waals surface area contributed by atoms with Crippen LogP contribution in [0.1, 0.15) is 11.5 Å². The molecule has 0 radical (unpaired) electrons. The summed E-state index contributed by atoms with van der Waals surface area (Å²) in [4.78, 5) is 7.43. The van der Waals surface area contributed by atoms with E-state index in [9.17, 15) is 8.78 Å². The first-order valence-electron chi connectivity index (χ1n) is 4.31. The van der Waals surface area contributed by atoms with Crippen LogP contribution in [0.15, 0.2) is 22.9 Å². The molecule has 0 unspecified atom stereocenters. The third-order valence-electron chi connectivity index (χ3n) is 1.81. The fourth-order valence-corrected chi connectivity index (χ4v) is 1.12. The van der Waals surface area contributed by atoms with E-state index in [1.165, 1.54) is 0 Å². The number of hydrogen-bond acceptors (Lipinski definition) is 4. The van der Waals surface area contributed by atoms with Crippen LogP contribution in [0, 0.1) is 6.92 Å². The van der Waals surface area contributed by atoms with Gasteiger partial charge in [-0.1, -0.05) is 11.2 Å². The van der Waals surface area contributed by atoms with Gasteiger partial charge in [0.05, 0.1) is 0 Å². The van der Waals surface area contributed by atoms with Crippen LogP contribution in [0.2, 0.25) is 0 Å². The van der Waals surface area contributed by atoms with E-state index in [1.54, 1.807) is 18.3 Å². The maximum atomic E-state index is 12.6. The molecule has 7 heteroatoms. The van der Waals surface area contributed by atoms with E-state index in [-0.39, 0.29) is 5.82 Å². The van der Waals surface area contributed by atoms with Gasteiger partial charge < -0.3 is 4.52 Å². The van der Waals surface area contributed by atoms with Crippen LogP contribution in [0.3, 0.4) is 0 Å². The molecule has 84 valence electrons. The average molecular weight is 246 g/mol. The molecule has 0 saturated carbocycles. The van der Waals surface area contributed by atoms with Gasteiger partial charge in [-0.05, 0) is 30.2 Å². The summed E-state index contributed by atoms with van der Waals surface area (Å²) in [6.45, 7) is 1.85. The predicted molar refractivity (Wildman–Crippen MR) is 52.0 cm³/mol. The molecular formula is C9H6ClF2N3O. The number of alkyl halides is 3. The monoisotopic (exact) mass is 245 g/mol. The van der Waals surface area contributed by atoms with Gasteiger partial charge in [0.15, 0.2) is 0 Å². The van der Waals surface area contributed by atoms with Crippen molar-refractivity contribution in [1.82, 2.24) is 15.1 Å². The zero-order valence-electron chi connectivity index (χ0n) is 8.12. The molecule has 4 nitrogen and oxygen atoms in total. The van der Waals surface area contributed by atoms with E-state index < -0.39 is 11.3 Å². The van der Waals surface area contributed by atoms with E-state index in [0.29, 0.717) is 5.69 Å². The van der Waals surface area contributed by atoms with Gasteiger partial charge in [-0.25, -0.2) is 0 Å². The van der Waals surface area contributed by atoms with Crippen LogP contribution in [0.5, 0.6) is 0 Å². The summed E-state index contributed by atoms with van der Waals surface area (Å²) in [7, 11) is 0. The molecule has 0 aliphatic heterocycles. The first-order valence-corrected chi connectivity index (χ1v) is 4.68. The molecular weight excluding hydrogens is 240 g/mol. The Bertz CT molecular complexity index is 492. The summed E-state index contributed by atoms with van der Waals surface area (Å²) in [5.41, 5.74) is 1.29. The van der Waals surface area contributed by atoms with Crippen molar-refractivity contribution in [2.75, 3.05) is 0 Å². The Balaban J connectivity index is 2.35. The van der Waals surface area contributed by atoms with Gasteiger partial charge >= 0.3 is 11.3 Å². The average Bonchev–Trinajstić information content (AvgIpc) is 2.67. The Kier molecular flexibility index (Phi) is 2.59. The van der Waals surface area contributed by atoms with E-state index in [0.717, 1.165) is 5.56 Å². The largest absolute Gasteiger partial charge is 0.400 e. The minimum Gasteiger partial charge on any atom is -0.331 e. The van der Waals surface area contributed by atoms with Gasteiger partial charge in [0.25, 0.3) is 0 Å². The highest BCUT2D eigenvalue weighted by molar-refractivity contribution is 6.21. The molecule has 2 aromatic heterocycles. The summed E-state index contributed by atoms with van der Waals surface area (Å²) in [5.74, 6) is -0.957. The van der Waals surface area contributed by atoms with Gasteiger partial charge in [-0.15, -0.1) is 0 Å². The van der Waals surface area contributed by atoms with Crippen LogP contribution in [0.25, 0.3) is 11.5 Å². The second kappa shape index (κ2) is 3.79. The zero-order chi connectivity index (χ0) is 11.8. The zero-order valence-corrected chi connectivity index (χ0v) is 8.87. The van der Waals surface area contributed by atoms with Crippen molar-refractivity contribution in [2.45, 2.75) is 12.3 Å². The molecule has 0 atom stereocenters. The Labute approximate surface area is 94.3 Å². The summed E-state index contributed by atoms with van der Waals surface area (Å²) >= 11 is 4.73. The molecule has 0 saturated heterocycles. The molecule has 2 rings (SSSR count). The summed E-state index contributed by atoms with van der Waals surface area (Å²) in [6.07, 6.45) is 1.57. The first-order chi connectivity index (χ1) is 7.47. The Morgan fingerprint density at radius 2 is 2.12 bits per heavy atom. The molecule has 0 N–H and O–H groups in total. The Hall–Kier alpha value is -1.56. The van der Waals surface area contributed by atoms with Crippen LogP contribution >= 0.6 is 11.6 Å². The van der Waals surface area contributed by atoms with E-state index in [2.05, 4.69) is 19.6 Å². The molecule has 0 aromatic carbocycles. The second-order valence-electron chi connectivity index (χ2n) is 3.14. The summed E-state index contributed by atoms with van der Waals surface area (Å²) in [6, 6.07) is 3.37. The quantitative estimate of drug-likeness (QED) is 0.764. The molecule has 0 fully saturated rings. The molecule has 0 amide bonds. The smallest absolute Gasteiger partial charge is 0.331 e. The van der Waals surface area contributed by atoms with Gasteiger partial charge in [0.1, 0.15) is 5.69 Å². The highest BCUT2D eigenvalue weighted by atomic mass is 35.5. The molecule has 0 spiro atoms. The molecule has 0 aliphatic carbocycles. The lowest BCUT2D eigenvalue weighted by Gasteiger charge is -1.97. The molecule has 2 aromatic rings. The topological polar surface area (TPSA) is 51.8 Å². The van der Waals surface area contributed by atoms with Crippen molar-refractivity contribution >= 4 is 11.6 Å². The summed E-state index contributed by atoms with van der Waals surface area (Å²) in [5, 5.41) is -0.287. The van der Waals surface area contributed by atoms with Crippen molar-refractivity contribution in [3.8, 4) is 11.5 Å². The van der Waals surface area contributed by atoms with Gasteiger partial charge in [0, 0.05) is 6.20 Å². The minimum absolute atomic E-state index is 0.0182. The van der Waals surface area contributed by atoms with E-state index >= 15 is 0 Å². The number of nitrogens with zero attached hydrogens (tertiary/aromatic N) is 3. The van der Waals surface area contributed by atoms with Gasteiger partial charge in [-0.3, -0.25) is 4.98 Å². The number of rotatable bonds is 2. The maximum Gasteiger partial charge on any atom is 0.400 e. The highest BCUT2D eigenvalue weighted by Crippen LogP contribution is 2.31. The van der Waals surface area contributed by atoms with Crippen LogP contribution in [0.4, 0.5) is 8.78 Å². The van der Waals surface area contributed by atoms with E-state index in [1.807, 2.05) is 6.92 Å². The normalized spacial score (nSPS) is 11.8. The number of aryl methyl sites for hydroxylation is 1. The Morgan fingerprint density at radius 1 is 1.38 bits per heavy atom. The predicted octanol–water partition coefficient (Wildman–Crippen LogP) is 2.73. The first kappa shape index (κ1) is 10.9. The van der Waals surface area contributed by atoms with Crippen LogP contribution in [-0.4, -0.2) is 15.1 Å². The fraction of sp³-hybridized carbons (Fsp3) is 0.222. The summed E-state index contributed by atoms with van der Waals surface area (Å²) < 4.78 is 29.5. The third kappa shape index (κ3) is 2.16. The lowest BCUT2D eigenvalue weighted by molar-refractivity contribution is 0.0551. The number of hydrogen-bond donors (Lipinski definition) is 0. The standard InChI is InChI=1S/C9H6ClF2N3O/c1-5-2-3-6(13-4-5)7-14-8(16-15-7)9(10,11)12/h2-4H,1H3. The van der Waals surface area contributed by atoms with Crippen molar-refractivity contribution in [3.63, 3.8) is 0 Å². The third-order valence-corrected chi connectivity index (χ3v) is 1.97. The lowest BCUT2D eigenvalue weighted by Crippen LogP contribution is -2.03. The SMILES string of the molecule is Cc1ccc(-c2noc(C(F)(F)Cl)n2)nc1. The van der Waals surface area contributed by atoms with Crippen molar-refractivity contribution < 1.29 is 13.3 Å². The highest BCUT2D eigenvalue weighted by Gasteiger charge is 2.35. The molecule has 2 heterocycles. The molecule has 16 heavy (non-hydrogen) atoms. The minimum atomic E-state index is -3.66. The molecule has 0 bridgehead atoms. The molecule has 0 aliphatic rings. The number of halogens is 3.